The van der Waals surface area contributed by atoms with E-state index in [0.29, 0.717) is 17.9 Å². The van der Waals surface area contributed by atoms with Gasteiger partial charge in [0, 0.05) is 27.3 Å². The lowest BCUT2D eigenvalue weighted by atomic mass is 10.2. The molecule has 0 bridgehead atoms. The van der Waals surface area contributed by atoms with E-state index in [1.807, 2.05) is 23.6 Å². The topological polar surface area (TPSA) is 29.5 Å². The Morgan fingerprint density at radius 3 is 2.84 bits per heavy atom. The maximum absolute atomic E-state index is 12.3. The van der Waals surface area contributed by atoms with E-state index in [-0.39, 0.29) is 5.91 Å². The fraction of sp³-hybridized carbons (Fsp3) is 0.214. The molecule has 5 heteroatoms. The number of methoxy groups -OCH3 is 1. The van der Waals surface area contributed by atoms with Crippen molar-refractivity contribution in [3.8, 4) is 5.75 Å². The zero-order valence-electron chi connectivity index (χ0n) is 10.7. The standard InChI is InChI=1S/C14H14BrNO2S/c1-16(8-13-7-11(15)9-19-13)14(17)10-4-3-5-12(6-10)18-2/h3-7,9H,8H2,1-2H3. The Kier molecular flexibility index (Phi) is 4.61. The highest BCUT2D eigenvalue weighted by Crippen LogP contribution is 2.22. The molecule has 0 fully saturated rings. The smallest absolute Gasteiger partial charge is 0.254 e. The monoisotopic (exact) mass is 339 g/mol. The summed E-state index contributed by atoms with van der Waals surface area (Å²) in [5, 5.41) is 2.01. The maximum atomic E-state index is 12.3. The van der Waals surface area contributed by atoms with E-state index < -0.39 is 0 Å². The molecule has 0 saturated heterocycles. The Morgan fingerprint density at radius 1 is 1.42 bits per heavy atom. The van der Waals surface area contributed by atoms with Gasteiger partial charge in [-0.05, 0) is 40.2 Å². The predicted molar refractivity (Wildman–Crippen MR) is 80.8 cm³/mol. The Morgan fingerprint density at radius 2 is 2.21 bits per heavy atom. The molecule has 0 radical (unpaired) electrons. The quantitative estimate of drug-likeness (QED) is 0.847. The van der Waals surface area contributed by atoms with E-state index in [1.165, 1.54) is 0 Å². The number of carbonyl (C=O) groups excluding carboxylic acids is 1. The molecule has 0 unspecified atom stereocenters. The number of ether oxygens (including phenoxy) is 1. The maximum Gasteiger partial charge on any atom is 0.254 e. The van der Waals surface area contributed by atoms with E-state index in [1.54, 1.807) is 42.5 Å². The molecule has 2 rings (SSSR count). The minimum absolute atomic E-state index is 0.0107. The summed E-state index contributed by atoms with van der Waals surface area (Å²) in [5.74, 6) is 0.682. The number of nitrogens with zero attached hydrogens (tertiary/aromatic N) is 1. The highest BCUT2D eigenvalue weighted by molar-refractivity contribution is 9.10. The lowest BCUT2D eigenvalue weighted by molar-refractivity contribution is 0.0786. The summed E-state index contributed by atoms with van der Waals surface area (Å²) in [6.45, 7) is 0.603. The van der Waals surface area contributed by atoms with Crippen LogP contribution in [0.2, 0.25) is 0 Å². The lowest BCUT2D eigenvalue weighted by Gasteiger charge is -2.16. The van der Waals surface area contributed by atoms with Gasteiger partial charge in [-0.15, -0.1) is 11.3 Å². The fourth-order valence-electron chi connectivity index (χ4n) is 1.72. The zero-order valence-corrected chi connectivity index (χ0v) is 13.1. The number of rotatable bonds is 4. The van der Waals surface area contributed by atoms with Crippen LogP contribution in [0.1, 0.15) is 15.2 Å². The Labute approximate surface area is 124 Å². The Hall–Kier alpha value is -1.33. The van der Waals surface area contributed by atoms with Crippen LogP contribution >= 0.6 is 27.3 Å². The van der Waals surface area contributed by atoms with Crippen LogP contribution in [0.15, 0.2) is 40.2 Å². The molecule has 1 aromatic carbocycles. The van der Waals surface area contributed by atoms with Crippen molar-refractivity contribution in [1.29, 1.82) is 0 Å². The third-order valence-electron chi connectivity index (χ3n) is 2.68. The molecule has 2 aromatic rings. The highest BCUT2D eigenvalue weighted by atomic mass is 79.9. The molecule has 0 aliphatic rings. The van der Waals surface area contributed by atoms with E-state index in [0.717, 1.165) is 9.35 Å². The van der Waals surface area contributed by atoms with Gasteiger partial charge in [0.1, 0.15) is 5.75 Å². The van der Waals surface area contributed by atoms with Gasteiger partial charge in [-0.1, -0.05) is 6.07 Å². The second kappa shape index (κ2) is 6.21. The molecule has 0 aliphatic carbocycles. The van der Waals surface area contributed by atoms with Crippen LogP contribution in [0, 0.1) is 0 Å². The first kappa shape index (κ1) is 14.1. The van der Waals surface area contributed by atoms with Gasteiger partial charge in [0.15, 0.2) is 0 Å². The molecular formula is C14H14BrNO2S. The van der Waals surface area contributed by atoms with Crippen molar-refractivity contribution in [2.75, 3.05) is 14.2 Å². The SMILES string of the molecule is COc1cccc(C(=O)N(C)Cc2cc(Br)cs2)c1. The lowest BCUT2D eigenvalue weighted by Crippen LogP contribution is -2.25. The molecule has 0 spiro atoms. The van der Waals surface area contributed by atoms with E-state index in [4.69, 9.17) is 4.74 Å². The predicted octanol–water partition coefficient (Wildman–Crippen LogP) is 3.79. The molecule has 1 amide bonds. The summed E-state index contributed by atoms with van der Waals surface area (Å²) in [4.78, 5) is 15.1. The first-order valence-corrected chi connectivity index (χ1v) is 7.40. The normalized spacial score (nSPS) is 10.3. The molecular weight excluding hydrogens is 326 g/mol. The molecule has 100 valence electrons. The van der Waals surface area contributed by atoms with Crippen LogP contribution in [-0.4, -0.2) is 25.0 Å². The van der Waals surface area contributed by atoms with Crippen molar-refractivity contribution in [3.63, 3.8) is 0 Å². The van der Waals surface area contributed by atoms with Gasteiger partial charge in [-0.3, -0.25) is 4.79 Å². The van der Waals surface area contributed by atoms with Crippen LogP contribution in [-0.2, 0) is 6.54 Å². The molecule has 19 heavy (non-hydrogen) atoms. The first-order valence-electron chi connectivity index (χ1n) is 5.72. The number of hydrogen-bond acceptors (Lipinski definition) is 3. The zero-order chi connectivity index (χ0) is 13.8. The molecule has 0 atom stereocenters. The summed E-state index contributed by atoms with van der Waals surface area (Å²) >= 11 is 5.05. The molecule has 0 aliphatic heterocycles. The average molecular weight is 340 g/mol. The molecule has 1 aromatic heterocycles. The van der Waals surface area contributed by atoms with Gasteiger partial charge >= 0.3 is 0 Å². The van der Waals surface area contributed by atoms with Crippen molar-refractivity contribution < 1.29 is 9.53 Å². The largest absolute Gasteiger partial charge is 0.497 e. The van der Waals surface area contributed by atoms with E-state index in [2.05, 4.69) is 15.9 Å². The summed E-state index contributed by atoms with van der Waals surface area (Å²) in [6, 6.07) is 9.23. The van der Waals surface area contributed by atoms with E-state index >= 15 is 0 Å². The number of carbonyl (C=O) groups is 1. The minimum Gasteiger partial charge on any atom is -0.497 e. The number of thiophene rings is 1. The van der Waals surface area contributed by atoms with Crippen LogP contribution in [0.5, 0.6) is 5.75 Å². The van der Waals surface area contributed by atoms with Gasteiger partial charge in [0.05, 0.1) is 13.7 Å². The second-order valence-corrected chi connectivity index (χ2v) is 6.04. The molecule has 0 N–H and O–H groups in total. The van der Waals surface area contributed by atoms with E-state index in [9.17, 15) is 4.79 Å². The molecule has 3 nitrogen and oxygen atoms in total. The van der Waals surface area contributed by atoms with Crippen molar-refractivity contribution in [2.45, 2.75) is 6.54 Å². The van der Waals surface area contributed by atoms with Crippen molar-refractivity contribution in [3.05, 3.63) is 50.6 Å². The number of halogens is 1. The first-order chi connectivity index (χ1) is 9.10. The minimum atomic E-state index is -0.0107. The van der Waals surface area contributed by atoms with Crippen LogP contribution in [0.25, 0.3) is 0 Å². The summed E-state index contributed by atoms with van der Waals surface area (Å²) in [6.07, 6.45) is 0. The molecule has 0 saturated carbocycles. The third kappa shape index (κ3) is 3.58. The summed E-state index contributed by atoms with van der Waals surface area (Å²) < 4.78 is 6.18. The van der Waals surface area contributed by atoms with Gasteiger partial charge in [-0.2, -0.15) is 0 Å². The van der Waals surface area contributed by atoms with Gasteiger partial charge in [-0.25, -0.2) is 0 Å². The molecule has 1 heterocycles. The van der Waals surface area contributed by atoms with Crippen LogP contribution < -0.4 is 4.74 Å². The Bertz CT molecular complexity index is 582. The third-order valence-corrected chi connectivity index (χ3v) is 4.36. The van der Waals surface area contributed by atoms with Crippen molar-refractivity contribution in [1.82, 2.24) is 4.90 Å². The van der Waals surface area contributed by atoms with Crippen LogP contribution in [0.4, 0.5) is 0 Å². The van der Waals surface area contributed by atoms with Crippen LogP contribution in [0.3, 0.4) is 0 Å². The van der Waals surface area contributed by atoms with Crippen molar-refractivity contribution in [2.24, 2.45) is 0 Å². The number of hydrogen-bond donors (Lipinski definition) is 0. The number of benzene rings is 1. The average Bonchev–Trinajstić information content (AvgIpc) is 2.83. The van der Waals surface area contributed by atoms with Gasteiger partial charge in [0.25, 0.3) is 5.91 Å². The summed E-state index contributed by atoms with van der Waals surface area (Å²) in [5.41, 5.74) is 0.637. The van der Waals surface area contributed by atoms with Gasteiger partial charge in [0.2, 0.25) is 0 Å². The van der Waals surface area contributed by atoms with Crippen molar-refractivity contribution >= 4 is 33.2 Å². The fourth-order valence-corrected chi connectivity index (χ4v) is 3.22. The number of amides is 1. The Balaban J connectivity index is 2.09. The second-order valence-electron chi connectivity index (χ2n) is 4.12. The van der Waals surface area contributed by atoms with Gasteiger partial charge < -0.3 is 9.64 Å². The highest BCUT2D eigenvalue weighted by Gasteiger charge is 2.13. The summed E-state index contributed by atoms with van der Waals surface area (Å²) in [7, 11) is 3.39.